The van der Waals surface area contributed by atoms with Gasteiger partial charge in [0.15, 0.2) is 0 Å². The first kappa shape index (κ1) is 21.2. The molecule has 4 N–H and O–H groups in total. The van der Waals surface area contributed by atoms with Gasteiger partial charge in [-0.1, -0.05) is 6.07 Å². The lowest BCUT2D eigenvalue weighted by atomic mass is 9.77. The highest BCUT2D eigenvalue weighted by Crippen LogP contribution is 2.33. The number of pyridine rings is 2. The van der Waals surface area contributed by atoms with Crippen LogP contribution < -0.4 is 16.0 Å². The van der Waals surface area contributed by atoms with Crippen LogP contribution in [0.4, 0.5) is 21.7 Å². The van der Waals surface area contributed by atoms with Crippen molar-refractivity contribution in [3.63, 3.8) is 0 Å². The maximum absolute atomic E-state index is 13.4. The van der Waals surface area contributed by atoms with Crippen LogP contribution in [0.1, 0.15) is 42.5 Å². The van der Waals surface area contributed by atoms with Gasteiger partial charge in [0.05, 0.1) is 24.2 Å². The lowest BCUT2D eigenvalue weighted by Gasteiger charge is -2.39. The molecule has 1 aliphatic rings. The number of anilines is 3. The zero-order valence-corrected chi connectivity index (χ0v) is 17.3. The molecule has 0 aliphatic heterocycles. The zero-order valence-electron chi connectivity index (χ0n) is 17.3. The summed E-state index contributed by atoms with van der Waals surface area (Å²) < 4.78 is 13.4. The molecule has 164 valence electrons. The first-order chi connectivity index (χ1) is 15.6. The first-order valence-electron chi connectivity index (χ1n) is 10.4. The Labute approximate surface area is 184 Å². The Morgan fingerprint density at radius 2 is 2.09 bits per heavy atom. The van der Waals surface area contributed by atoms with Crippen LogP contribution in [0.5, 0.6) is 0 Å². The second-order valence-electron chi connectivity index (χ2n) is 7.85. The van der Waals surface area contributed by atoms with Gasteiger partial charge in [-0.3, -0.25) is 9.89 Å². The van der Waals surface area contributed by atoms with Gasteiger partial charge in [0, 0.05) is 30.2 Å². The summed E-state index contributed by atoms with van der Waals surface area (Å²) in [6.45, 7) is 0. The monoisotopic (exact) mass is 434 g/mol. The third kappa shape index (κ3) is 5.00. The SMILES string of the molecule is N#CCC1(NC(=O)c2cn[nH]c2Nc2ccnc(F)c2)CCC(Nc2ccccn2)CC1. The highest BCUT2D eigenvalue weighted by molar-refractivity contribution is 5.99. The van der Waals surface area contributed by atoms with Gasteiger partial charge in [0.2, 0.25) is 5.95 Å². The second kappa shape index (κ2) is 9.43. The van der Waals surface area contributed by atoms with E-state index in [1.807, 2.05) is 18.2 Å². The molecule has 0 bridgehead atoms. The number of nitrogens with zero attached hydrogens (tertiary/aromatic N) is 4. The van der Waals surface area contributed by atoms with Crippen LogP contribution in [-0.2, 0) is 0 Å². The fourth-order valence-electron chi connectivity index (χ4n) is 3.96. The van der Waals surface area contributed by atoms with Crippen molar-refractivity contribution in [2.24, 2.45) is 0 Å². The number of amides is 1. The predicted octanol–water partition coefficient (Wildman–Crippen LogP) is 3.52. The molecule has 3 aromatic rings. The van der Waals surface area contributed by atoms with E-state index in [1.54, 1.807) is 12.3 Å². The number of H-pyrrole nitrogens is 1. The Kier molecular flexibility index (Phi) is 6.26. The number of carbonyl (C=O) groups is 1. The molecule has 1 aliphatic carbocycles. The van der Waals surface area contributed by atoms with Gasteiger partial charge in [0.1, 0.15) is 17.2 Å². The van der Waals surface area contributed by atoms with Crippen molar-refractivity contribution in [2.75, 3.05) is 10.6 Å². The Balaban J connectivity index is 1.42. The lowest BCUT2D eigenvalue weighted by molar-refractivity contribution is 0.0869. The molecule has 0 aromatic carbocycles. The molecule has 1 fully saturated rings. The van der Waals surface area contributed by atoms with Crippen LogP contribution in [0.25, 0.3) is 0 Å². The van der Waals surface area contributed by atoms with Crippen molar-refractivity contribution in [1.82, 2.24) is 25.5 Å². The molecule has 0 saturated heterocycles. The zero-order chi connectivity index (χ0) is 22.4. The van der Waals surface area contributed by atoms with Crippen molar-refractivity contribution in [3.05, 3.63) is 60.4 Å². The number of hydrogen-bond donors (Lipinski definition) is 4. The molecule has 0 atom stereocenters. The summed E-state index contributed by atoms with van der Waals surface area (Å²) in [5, 5.41) is 25.5. The average molecular weight is 434 g/mol. The van der Waals surface area contributed by atoms with Crippen molar-refractivity contribution in [1.29, 1.82) is 5.26 Å². The Morgan fingerprint density at radius 3 is 2.81 bits per heavy atom. The van der Waals surface area contributed by atoms with E-state index in [0.717, 1.165) is 18.7 Å². The fraction of sp³-hybridized carbons (Fsp3) is 0.318. The summed E-state index contributed by atoms with van der Waals surface area (Å²) >= 11 is 0. The highest BCUT2D eigenvalue weighted by Gasteiger charge is 2.37. The second-order valence-corrected chi connectivity index (χ2v) is 7.85. The van der Waals surface area contributed by atoms with Gasteiger partial charge in [-0.25, -0.2) is 9.97 Å². The van der Waals surface area contributed by atoms with Crippen LogP contribution in [-0.4, -0.2) is 37.7 Å². The molecule has 3 heterocycles. The van der Waals surface area contributed by atoms with Gasteiger partial charge in [-0.2, -0.15) is 14.8 Å². The van der Waals surface area contributed by atoms with Crippen LogP contribution in [0.2, 0.25) is 0 Å². The topological polar surface area (TPSA) is 131 Å². The van der Waals surface area contributed by atoms with E-state index in [0.29, 0.717) is 24.3 Å². The molecule has 1 saturated carbocycles. The molecule has 10 heteroatoms. The van der Waals surface area contributed by atoms with Gasteiger partial charge in [-0.05, 0) is 43.9 Å². The van der Waals surface area contributed by atoms with Gasteiger partial charge in [0.25, 0.3) is 5.91 Å². The van der Waals surface area contributed by atoms with Crippen molar-refractivity contribution in [2.45, 2.75) is 43.7 Å². The van der Waals surface area contributed by atoms with E-state index in [4.69, 9.17) is 0 Å². The third-order valence-electron chi connectivity index (χ3n) is 5.64. The van der Waals surface area contributed by atoms with Gasteiger partial charge >= 0.3 is 0 Å². The third-order valence-corrected chi connectivity index (χ3v) is 5.64. The summed E-state index contributed by atoms with van der Waals surface area (Å²) in [5.41, 5.74) is 0.0998. The van der Waals surface area contributed by atoms with E-state index in [9.17, 15) is 14.4 Å². The Bertz CT molecular complexity index is 1100. The van der Waals surface area contributed by atoms with Crippen molar-refractivity contribution < 1.29 is 9.18 Å². The van der Waals surface area contributed by atoms with E-state index in [-0.39, 0.29) is 23.9 Å². The average Bonchev–Trinajstić information content (AvgIpc) is 3.25. The minimum Gasteiger partial charge on any atom is -0.367 e. The fourth-order valence-corrected chi connectivity index (χ4v) is 3.96. The van der Waals surface area contributed by atoms with Crippen LogP contribution in [0.3, 0.4) is 0 Å². The van der Waals surface area contributed by atoms with Crippen LogP contribution in [0, 0.1) is 17.3 Å². The molecule has 9 nitrogen and oxygen atoms in total. The summed E-state index contributed by atoms with van der Waals surface area (Å²) in [5.74, 6) is 0.174. The normalized spacial score (nSPS) is 20.2. The number of nitriles is 1. The molecular weight excluding hydrogens is 411 g/mol. The number of hydrogen-bond acceptors (Lipinski definition) is 7. The van der Waals surface area contributed by atoms with Gasteiger partial charge < -0.3 is 16.0 Å². The molecule has 32 heavy (non-hydrogen) atoms. The van der Waals surface area contributed by atoms with Crippen LogP contribution in [0.15, 0.2) is 48.9 Å². The molecule has 0 unspecified atom stereocenters. The molecule has 1 amide bonds. The Hall–Kier alpha value is -4.00. The largest absolute Gasteiger partial charge is 0.367 e. The summed E-state index contributed by atoms with van der Waals surface area (Å²) in [4.78, 5) is 20.9. The van der Waals surface area contributed by atoms with E-state index in [1.165, 1.54) is 18.5 Å². The van der Waals surface area contributed by atoms with Crippen LogP contribution >= 0.6 is 0 Å². The van der Waals surface area contributed by atoms with E-state index in [2.05, 4.69) is 42.2 Å². The minimum atomic E-state index is -0.635. The number of aromatic nitrogens is 4. The van der Waals surface area contributed by atoms with Crippen molar-refractivity contribution >= 4 is 23.2 Å². The van der Waals surface area contributed by atoms with Gasteiger partial charge in [-0.15, -0.1) is 0 Å². The number of aromatic amines is 1. The maximum atomic E-state index is 13.4. The maximum Gasteiger partial charge on any atom is 0.257 e. The quantitative estimate of drug-likeness (QED) is 0.418. The minimum absolute atomic E-state index is 0.214. The summed E-state index contributed by atoms with van der Waals surface area (Å²) in [6, 6.07) is 11.0. The highest BCUT2D eigenvalue weighted by atomic mass is 19.1. The Morgan fingerprint density at radius 1 is 1.25 bits per heavy atom. The summed E-state index contributed by atoms with van der Waals surface area (Å²) in [6.07, 6.45) is 7.60. The lowest BCUT2D eigenvalue weighted by Crippen LogP contribution is -2.52. The molecule has 3 aromatic heterocycles. The molecule has 4 rings (SSSR count). The van der Waals surface area contributed by atoms with E-state index >= 15 is 0 Å². The predicted molar refractivity (Wildman–Crippen MR) is 117 cm³/mol. The molecule has 0 spiro atoms. The first-order valence-corrected chi connectivity index (χ1v) is 10.4. The number of carbonyl (C=O) groups excluding carboxylic acids is 1. The molecular formula is C22H23FN8O. The number of halogens is 1. The smallest absolute Gasteiger partial charge is 0.257 e. The standard InChI is InChI=1S/C22H23FN8O/c23-18-13-16(6-12-25-18)29-20-17(14-27-31-20)21(32)30-22(9-10-24)7-4-15(5-8-22)28-19-3-1-2-11-26-19/h1-3,6,11-15H,4-5,7-9H2,(H,26,28)(H,30,32)(H2,25,27,29,31). The number of rotatable bonds is 7. The van der Waals surface area contributed by atoms with Crippen molar-refractivity contribution in [3.8, 4) is 6.07 Å². The van der Waals surface area contributed by atoms with E-state index < -0.39 is 11.5 Å². The summed E-state index contributed by atoms with van der Waals surface area (Å²) in [7, 11) is 0. The number of nitrogens with one attached hydrogen (secondary N) is 4. The molecule has 0 radical (unpaired) electrons.